The second-order valence-corrected chi connectivity index (χ2v) is 9.09. The Morgan fingerprint density at radius 2 is 1.67 bits per heavy atom. The molecule has 2 aliphatic heterocycles. The fraction of sp³-hybridized carbons (Fsp3) is 0.500. The van der Waals surface area contributed by atoms with Crippen molar-refractivity contribution in [3.63, 3.8) is 0 Å². The molecule has 5 heterocycles. The molecule has 0 amide bonds. The van der Waals surface area contributed by atoms with E-state index in [1.54, 1.807) is 6.92 Å². The van der Waals surface area contributed by atoms with Crippen molar-refractivity contribution in [3.8, 4) is 0 Å². The van der Waals surface area contributed by atoms with Crippen LogP contribution in [0.15, 0.2) is 48.9 Å². The Bertz CT molecular complexity index is 1110. The molecule has 3 aromatic heterocycles. The zero-order valence-electron chi connectivity index (χ0n) is 24.3. The molecule has 3 aromatic rings. The highest BCUT2D eigenvalue weighted by Gasteiger charge is 2.30. The number of pyridine rings is 3. The number of nitrogens with zero attached hydrogens (tertiary/aromatic N) is 4. The van der Waals surface area contributed by atoms with Gasteiger partial charge in [-0.15, -0.1) is 0 Å². The van der Waals surface area contributed by atoms with Gasteiger partial charge < -0.3 is 15.3 Å². The van der Waals surface area contributed by atoms with Gasteiger partial charge in [0, 0.05) is 50.5 Å². The van der Waals surface area contributed by atoms with Gasteiger partial charge in [-0.2, -0.15) is 13.2 Å². The predicted octanol–water partition coefficient (Wildman–Crippen LogP) is 7.03. The number of halogens is 3. The number of nitrogens with one attached hydrogen (secondary N) is 1. The van der Waals surface area contributed by atoms with Crippen molar-refractivity contribution in [2.24, 2.45) is 0 Å². The standard InChI is InChI=1S/C11H16N2.C9H12N2.C7H6F3N.C2H6.CH4O/c1-9(2)13-8-4-5-10-11(13)6-3-7-12-10;1-7-4-5-8-9(11-7)3-2-6-10-8;1-5-2-6(4-11-3-5)7(8,9)10;2*1-2/h3,6-7,9H,4-5,8H2,1-2H3;4-5,10H,2-3,6H2,1H3;2-4H,1H3;1-2H3;2H,1H3. The lowest BCUT2D eigenvalue weighted by atomic mass is 10.1. The van der Waals surface area contributed by atoms with Crippen LogP contribution in [-0.4, -0.2) is 46.3 Å². The van der Waals surface area contributed by atoms with Crippen LogP contribution in [0, 0.1) is 13.8 Å². The lowest BCUT2D eigenvalue weighted by molar-refractivity contribution is -0.137. The molecular weight excluding hydrogens is 503 g/mol. The van der Waals surface area contributed by atoms with Gasteiger partial charge in [0.05, 0.1) is 28.3 Å². The first-order chi connectivity index (χ1) is 18.6. The Morgan fingerprint density at radius 1 is 0.974 bits per heavy atom. The van der Waals surface area contributed by atoms with Gasteiger partial charge in [0.1, 0.15) is 0 Å². The summed E-state index contributed by atoms with van der Waals surface area (Å²) in [5, 5.41) is 10.3. The minimum atomic E-state index is -4.28. The largest absolute Gasteiger partial charge is 0.417 e. The number of anilines is 2. The maximum absolute atomic E-state index is 11.9. The molecule has 39 heavy (non-hydrogen) atoms. The van der Waals surface area contributed by atoms with Crippen molar-refractivity contribution in [2.45, 2.75) is 79.4 Å². The fourth-order valence-corrected chi connectivity index (χ4v) is 4.11. The summed E-state index contributed by atoms with van der Waals surface area (Å²) in [6, 6.07) is 10.0. The SMILES string of the molecule is CC.CC(C)N1CCCc2ncccc21.CO.Cc1ccc2c(n1)CCCN2.Cc1cncc(C(F)(F)F)c1. The molecule has 0 radical (unpaired) electrons. The molecule has 6 nitrogen and oxygen atoms in total. The van der Waals surface area contributed by atoms with Gasteiger partial charge in [-0.3, -0.25) is 15.0 Å². The number of aliphatic hydroxyl groups excluding tert-OH is 1. The van der Waals surface area contributed by atoms with Crippen LogP contribution in [-0.2, 0) is 19.0 Å². The third-order valence-corrected chi connectivity index (χ3v) is 5.83. The summed E-state index contributed by atoms with van der Waals surface area (Å²) >= 11 is 0. The molecule has 0 aromatic carbocycles. The van der Waals surface area contributed by atoms with Crippen molar-refractivity contribution in [3.05, 3.63) is 77.1 Å². The van der Waals surface area contributed by atoms with Crippen LogP contribution in [0.25, 0.3) is 0 Å². The predicted molar refractivity (Wildman–Crippen MR) is 154 cm³/mol. The van der Waals surface area contributed by atoms with E-state index in [0.717, 1.165) is 44.5 Å². The highest BCUT2D eigenvalue weighted by Crippen LogP contribution is 2.28. The third kappa shape index (κ3) is 11.2. The zero-order chi connectivity index (χ0) is 29.4. The number of aryl methyl sites for hydroxylation is 4. The van der Waals surface area contributed by atoms with Gasteiger partial charge in [-0.25, -0.2) is 0 Å². The summed E-state index contributed by atoms with van der Waals surface area (Å²) in [6.45, 7) is 14.4. The number of alkyl halides is 3. The topological polar surface area (TPSA) is 74.2 Å². The van der Waals surface area contributed by atoms with Crippen LogP contribution in [0.1, 0.15) is 68.7 Å². The van der Waals surface area contributed by atoms with E-state index in [1.165, 1.54) is 48.3 Å². The van der Waals surface area contributed by atoms with E-state index in [0.29, 0.717) is 11.6 Å². The van der Waals surface area contributed by atoms with E-state index in [-0.39, 0.29) is 0 Å². The van der Waals surface area contributed by atoms with Crippen molar-refractivity contribution in [1.29, 1.82) is 0 Å². The van der Waals surface area contributed by atoms with Gasteiger partial charge in [0.15, 0.2) is 0 Å². The molecule has 0 aliphatic carbocycles. The third-order valence-electron chi connectivity index (χ3n) is 5.83. The number of aromatic nitrogens is 3. The fourth-order valence-electron chi connectivity index (χ4n) is 4.11. The monoisotopic (exact) mass is 547 g/mol. The molecule has 2 aliphatic rings. The molecule has 0 atom stereocenters. The van der Waals surface area contributed by atoms with Crippen LogP contribution >= 0.6 is 0 Å². The van der Waals surface area contributed by atoms with Gasteiger partial charge >= 0.3 is 6.18 Å². The van der Waals surface area contributed by atoms with Crippen molar-refractivity contribution in [1.82, 2.24) is 15.0 Å². The smallest absolute Gasteiger partial charge is 0.400 e. The Kier molecular flexibility index (Phi) is 15.1. The van der Waals surface area contributed by atoms with E-state index in [4.69, 9.17) is 5.11 Å². The van der Waals surface area contributed by atoms with Gasteiger partial charge in [-0.1, -0.05) is 13.8 Å². The van der Waals surface area contributed by atoms with Crippen LogP contribution < -0.4 is 10.2 Å². The summed E-state index contributed by atoms with van der Waals surface area (Å²) < 4.78 is 35.8. The minimum absolute atomic E-state index is 0.514. The van der Waals surface area contributed by atoms with Crippen LogP contribution in [0.5, 0.6) is 0 Å². The molecule has 0 bridgehead atoms. The van der Waals surface area contributed by atoms with Crippen LogP contribution in [0.4, 0.5) is 24.5 Å². The molecule has 0 fully saturated rings. The van der Waals surface area contributed by atoms with E-state index >= 15 is 0 Å². The molecule has 216 valence electrons. The Balaban J connectivity index is 0.000000276. The van der Waals surface area contributed by atoms with E-state index < -0.39 is 11.7 Å². The lowest BCUT2D eigenvalue weighted by Crippen LogP contribution is -2.35. The maximum atomic E-state index is 11.9. The summed E-state index contributed by atoms with van der Waals surface area (Å²) in [5.41, 5.74) is 5.99. The molecule has 9 heteroatoms. The van der Waals surface area contributed by atoms with Crippen LogP contribution in [0.2, 0.25) is 0 Å². The second kappa shape index (κ2) is 17.4. The summed E-state index contributed by atoms with van der Waals surface area (Å²) in [4.78, 5) is 14.7. The number of hydrogen-bond acceptors (Lipinski definition) is 6. The highest BCUT2D eigenvalue weighted by atomic mass is 19.4. The average Bonchev–Trinajstić information content (AvgIpc) is 2.95. The first-order valence-electron chi connectivity index (χ1n) is 13.5. The first kappa shape index (κ1) is 33.8. The molecule has 0 saturated carbocycles. The summed E-state index contributed by atoms with van der Waals surface area (Å²) in [7, 11) is 1.00. The molecular formula is C30H44F3N5O. The number of fused-ring (bicyclic) bond motifs is 2. The highest BCUT2D eigenvalue weighted by molar-refractivity contribution is 5.53. The van der Waals surface area contributed by atoms with Crippen molar-refractivity contribution in [2.75, 3.05) is 30.4 Å². The zero-order valence-corrected chi connectivity index (χ0v) is 24.3. The summed E-state index contributed by atoms with van der Waals surface area (Å²) in [6.07, 6.45) is 4.53. The lowest BCUT2D eigenvalue weighted by Gasteiger charge is -2.33. The minimum Gasteiger partial charge on any atom is -0.400 e. The van der Waals surface area contributed by atoms with E-state index in [2.05, 4.69) is 57.2 Å². The number of hydrogen-bond donors (Lipinski definition) is 2. The number of aliphatic hydroxyl groups is 1. The van der Waals surface area contributed by atoms with Crippen molar-refractivity contribution < 1.29 is 18.3 Å². The Hall–Kier alpha value is -3.20. The Morgan fingerprint density at radius 3 is 2.28 bits per heavy atom. The molecule has 0 saturated heterocycles. The van der Waals surface area contributed by atoms with Crippen molar-refractivity contribution >= 4 is 11.4 Å². The van der Waals surface area contributed by atoms with Gasteiger partial charge in [-0.05, 0) is 89.3 Å². The molecule has 0 spiro atoms. The first-order valence-corrected chi connectivity index (χ1v) is 13.5. The van der Waals surface area contributed by atoms with Crippen LogP contribution in [0.3, 0.4) is 0 Å². The molecule has 2 N–H and O–H groups in total. The molecule has 5 rings (SSSR count). The average molecular weight is 548 g/mol. The maximum Gasteiger partial charge on any atom is 0.417 e. The normalized spacial score (nSPS) is 13.3. The van der Waals surface area contributed by atoms with Gasteiger partial charge in [0.2, 0.25) is 0 Å². The number of rotatable bonds is 1. The molecule has 0 unspecified atom stereocenters. The quantitative estimate of drug-likeness (QED) is 0.341. The summed E-state index contributed by atoms with van der Waals surface area (Å²) in [5.74, 6) is 0. The Labute approximate surface area is 231 Å². The van der Waals surface area contributed by atoms with E-state index in [1.807, 2.05) is 33.0 Å². The second-order valence-electron chi connectivity index (χ2n) is 9.09. The van der Waals surface area contributed by atoms with E-state index in [9.17, 15) is 13.2 Å². The van der Waals surface area contributed by atoms with Gasteiger partial charge in [0.25, 0.3) is 0 Å².